The summed E-state index contributed by atoms with van der Waals surface area (Å²) in [6, 6.07) is 9.13. The molecule has 0 fully saturated rings. The van der Waals surface area contributed by atoms with Gasteiger partial charge in [0.25, 0.3) is 0 Å². The zero-order chi connectivity index (χ0) is 17.5. The minimum atomic E-state index is -4.15. The molecule has 1 heterocycles. The van der Waals surface area contributed by atoms with Gasteiger partial charge in [-0.1, -0.05) is 11.2 Å². The van der Waals surface area contributed by atoms with Gasteiger partial charge >= 0.3 is 0 Å². The monoisotopic (exact) mass is 350 g/mol. The molecule has 0 unspecified atom stereocenters. The maximum Gasteiger partial charge on any atom is 0.240 e. The molecule has 5 nitrogen and oxygen atoms in total. The van der Waals surface area contributed by atoms with Crippen molar-refractivity contribution in [2.45, 2.75) is 11.8 Å². The average molecular weight is 350 g/mol. The fourth-order valence-electron chi connectivity index (χ4n) is 2.40. The van der Waals surface area contributed by atoms with E-state index in [1.165, 1.54) is 30.3 Å². The van der Waals surface area contributed by atoms with E-state index in [2.05, 4.69) is 5.16 Å². The first kappa shape index (κ1) is 16.3. The quantitative estimate of drug-likeness (QED) is 0.786. The molecule has 2 N–H and O–H groups in total. The van der Waals surface area contributed by atoms with Crippen molar-refractivity contribution in [3.63, 3.8) is 0 Å². The third-order valence-corrected chi connectivity index (χ3v) is 4.45. The Morgan fingerprint density at radius 1 is 1.04 bits per heavy atom. The molecule has 3 rings (SSSR count). The molecule has 0 spiro atoms. The second-order valence-electron chi connectivity index (χ2n) is 5.16. The largest absolute Gasteiger partial charge is 0.360 e. The van der Waals surface area contributed by atoms with Gasteiger partial charge in [0.15, 0.2) is 0 Å². The molecule has 124 valence electrons. The van der Waals surface area contributed by atoms with E-state index in [1.54, 1.807) is 6.92 Å². The van der Waals surface area contributed by atoms with E-state index >= 15 is 0 Å². The van der Waals surface area contributed by atoms with Gasteiger partial charge in [0, 0.05) is 5.56 Å². The first-order valence-corrected chi connectivity index (χ1v) is 8.37. The number of hydrogen-bond donors (Lipinski definition) is 1. The molecule has 0 atom stereocenters. The Bertz CT molecular complexity index is 1010. The molecule has 0 aliphatic rings. The predicted octanol–water partition coefficient (Wildman–Crippen LogP) is 3.24. The fourth-order valence-corrected chi connectivity index (χ4v) is 2.99. The molecular formula is C16H12F2N2O3S. The van der Waals surface area contributed by atoms with Gasteiger partial charge in [-0.15, -0.1) is 0 Å². The number of rotatable bonds is 3. The van der Waals surface area contributed by atoms with Crippen molar-refractivity contribution in [1.82, 2.24) is 5.16 Å². The van der Waals surface area contributed by atoms with Crippen LogP contribution in [0.3, 0.4) is 0 Å². The van der Waals surface area contributed by atoms with Crippen molar-refractivity contribution >= 4 is 10.0 Å². The number of halogens is 2. The third-order valence-electron chi connectivity index (χ3n) is 3.51. The summed E-state index contributed by atoms with van der Waals surface area (Å²) in [5.41, 5.74) is 1.84. The summed E-state index contributed by atoms with van der Waals surface area (Å²) < 4.78 is 55.0. The van der Waals surface area contributed by atoms with Crippen LogP contribution in [0.4, 0.5) is 8.78 Å². The van der Waals surface area contributed by atoms with Gasteiger partial charge < -0.3 is 4.52 Å². The summed E-state index contributed by atoms with van der Waals surface area (Å²) in [6.45, 7) is 1.64. The van der Waals surface area contributed by atoms with Gasteiger partial charge in [-0.25, -0.2) is 22.3 Å². The number of primary sulfonamides is 1. The SMILES string of the molecule is Cc1onc(-c2ccc(F)cc2)c1-c1ccc(S(N)(=O)=O)c(F)c1. The minimum absolute atomic E-state index is 0.373. The second-order valence-corrected chi connectivity index (χ2v) is 6.69. The molecule has 3 aromatic rings. The van der Waals surface area contributed by atoms with Crippen LogP contribution < -0.4 is 5.14 Å². The number of sulfonamides is 1. The van der Waals surface area contributed by atoms with Crippen LogP contribution in [-0.4, -0.2) is 13.6 Å². The van der Waals surface area contributed by atoms with Crippen molar-refractivity contribution in [3.05, 3.63) is 59.9 Å². The molecule has 0 saturated heterocycles. The standard InChI is InChI=1S/C16H12F2N2O3S/c1-9-15(11-4-7-14(13(18)8-11)24(19,21)22)16(20-23-9)10-2-5-12(17)6-3-10/h2-8H,1H3,(H2,19,21,22). The lowest BCUT2D eigenvalue weighted by Crippen LogP contribution is -2.13. The summed E-state index contributed by atoms with van der Waals surface area (Å²) in [7, 11) is -4.15. The number of benzene rings is 2. The van der Waals surface area contributed by atoms with Gasteiger partial charge in [0.2, 0.25) is 10.0 Å². The molecule has 8 heteroatoms. The van der Waals surface area contributed by atoms with Gasteiger partial charge in [-0.3, -0.25) is 0 Å². The number of aryl methyl sites for hydroxylation is 1. The molecule has 0 amide bonds. The molecule has 2 aromatic carbocycles. The first-order chi connectivity index (χ1) is 11.3. The van der Waals surface area contributed by atoms with Crippen LogP contribution >= 0.6 is 0 Å². The number of nitrogens with two attached hydrogens (primary N) is 1. The van der Waals surface area contributed by atoms with Crippen LogP contribution in [0.15, 0.2) is 51.9 Å². The second kappa shape index (κ2) is 5.81. The van der Waals surface area contributed by atoms with E-state index in [-0.39, 0.29) is 0 Å². The van der Waals surface area contributed by atoms with E-state index in [0.29, 0.717) is 28.1 Å². The maximum atomic E-state index is 14.1. The highest BCUT2D eigenvalue weighted by Crippen LogP contribution is 2.35. The molecule has 0 saturated carbocycles. The lowest BCUT2D eigenvalue weighted by Gasteiger charge is -2.06. The van der Waals surface area contributed by atoms with Gasteiger partial charge in [0.1, 0.15) is 28.0 Å². The topological polar surface area (TPSA) is 86.2 Å². The first-order valence-electron chi connectivity index (χ1n) is 6.82. The van der Waals surface area contributed by atoms with Crippen LogP contribution in [0.5, 0.6) is 0 Å². The number of hydrogen-bond acceptors (Lipinski definition) is 4. The Labute approximate surface area is 136 Å². The predicted molar refractivity (Wildman–Crippen MR) is 83.4 cm³/mol. The lowest BCUT2D eigenvalue weighted by molar-refractivity contribution is 0.400. The summed E-state index contributed by atoms with van der Waals surface area (Å²) in [5, 5.41) is 8.89. The highest BCUT2D eigenvalue weighted by molar-refractivity contribution is 7.89. The van der Waals surface area contributed by atoms with Crippen LogP contribution in [0.2, 0.25) is 0 Å². The Morgan fingerprint density at radius 3 is 2.25 bits per heavy atom. The van der Waals surface area contributed by atoms with Crippen molar-refractivity contribution in [1.29, 1.82) is 0 Å². The summed E-state index contributed by atoms with van der Waals surface area (Å²) >= 11 is 0. The molecule has 24 heavy (non-hydrogen) atoms. The van der Waals surface area contributed by atoms with Crippen molar-refractivity contribution in [2.24, 2.45) is 5.14 Å². The molecule has 1 aromatic heterocycles. The van der Waals surface area contributed by atoms with Crippen LogP contribution in [0.1, 0.15) is 5.76 Å². The summed E-state index contributed by atoms with van der Waals surface area (Å²) in [6.07, 6.45) is 0. The third kappa shape index (κ3) is 2.93. The molecule has 0 aliphatic heterocycles. The summed E-state index contributed by atoms with van der Waals surface area (Å²) in [4.78, 5) is -0.594. The summed E-state index contributed by atoms with van der Waals surface area (Å²) in [5.74, 6) is -0.957. The number of aromatic nitrogens is 1. The Morgan fingerprint density at radius 2 is 1.67 bits per heavy atom. The van der Waals surface area contributed by atoms with Gasteiger partial charge in [-0.05, 0) is 48.9 Å². The van der Waals surface area contributed by atoms with Crippen molar-refractivity contribution in [3.8, 4) is 22.4 Å². The highest BCUT2D eigenvalue weighted by atomic mass is 32.2. The van der Waals surface area contributed by atoms with Crippen molar-refractivity contribution < 1.29 is 21.7 Å². The molecular weight excluding hydrogens is 338 g/mol. The van der Waals surface area contributed by atoms with Gasteiger partial charge in [0.05, 0.1) is 5.56 Å². The van der Waals surface area contributed by atoms with E-state index in [0.717, 1.165) is 12.1 Å². The van der Waals surface area contributed by atoms with E-state index < -0.39 is 26.6 Å². The zero-order valence-electron chi connectivity index (χ0n) is 12.5. The minimum Gasteiger partial charge on any atom is -0.360 e. The van der Waals surface area contributed by atoms with Crippen LogP contribution in [0, 0.1) is 18.6 Å². The smallest absolute Gasteiger partial charge is 0.240 e. The maximum absolute atomic E-state index is 14.1. The van der Waals surface area contributed by atoms with Crippen molar-refractivity contribution in [2.75, 3.05) is 0 Å². The van der Waals surface area contributed by atoms with E-state index in [9.17, 15) is 17.2 Å². The van der Waals surface area contributed by atoms with Crippen LogP contribution in [-0.2, 0) is 10.0 Å². The zero-order valence-corrected chi connectivity index (χ0v) is 13.3. The highest BCUT2D eigenvalue weighted by Gasteiger charge is 2.20. The average Bonchev–Trinajstić information content (AvgIpc) is 2.88. The normalized spacial score (nSPS) is 11.7. The van der Waals surface area contributed by atoms with Crippen LogP contribution in [0.25, 0.3) is 22.4 Å². The lowest BCUT2D eigenvalue weighted by atomic mass is 9.99. The molecule has 0 radical (unpaired) electrons. The Kier molecular flexibility index (Phi) is 3.94. The fraction of sp³-hybridized carbons (Fsp3) is 0.0625. The molecule has 0 bridgehead atoms. The van der Waals surface area contributed by atoms with E-state index in [1.807, 2.05) is 0 Å². The number of nitrogens with zero attached hydrogens (tertiary/aromatic N) is 1. The molecule has 0 aliphatic carbocycles. The van der Waals surface area contributed by atoms with Gasteiger partial charge in [-0.2, -0.15) is 0 Å². The van der Waals surface area contributed by atoms with E-state index in [4.69, 9.17) is 9.66 Å². The Balaban J connectivity index is 2.16. The Hall–Kier alpha value is -2.58.